The van der Waals surface area contributed by atoms with Crippen LogP contribution in [-0.2, 0) is 11.3 Å². The van der Waals surface area contributed by atoms with Gasteiger partial charge in [-0.05, 0) is 30.7 Å². The zero-order valence-electron chi connectivity index (χ0n) is 14.6. The number of para-hydroxylation sites is 1. The van der Waals surface area contributed by atoms with Crippen LogP contribution in [0.25, 0.3) is 10.2 Å². The van der Waals surface area contributed by atoms with Crippen LogP contribution in [0.2, 0.25) is 0 Å². The van der Waals surface area contributed by atoms with E-state index in [9.17, 15) is 10.1 Å². The van der Waals surface area contributed by atoms with Gasteiger partial charge in [-0.2, -0.15) is 5.26 Å². The Morgan fingerprint density at radius 1 is 1.35 bits per heavy atom. The van der Waals surface area contributed by atoms with E-state index in [1.54, 1.807) is 31.4 Å². The first-order valence-corrected chi connectivity index (χ1v) is 8.67. The number of ether oxygens (including phenoxy) is 2. The molecule has 2 heterocycles. The lowest BCUT2D eigenvalue weighted by Gasteiger charge is -2.10. The lowest BCUT2D eigenvalue weighted by atomic mass is 10.1. The number of carbonyl (C=O) groups is 1. The molecule has 6 nitrogen and oxygen atoms in total. The third-order valence-corrected chi connectivity index (χ3v) is 4.85. The molecule has 1 amide bonds. The molecule has 0 aliphatic carbocycles. The molecule has 3 aromatic rings. The minimum absolute atomic E-state index is 0.345. The second kappa shape index (κ2) is 7.52. The molecular formula is C19H17N3O3S. The van der Waals surface area contributed by atoms with E-state index < -0.39 is 0 Å². The van der Waals surface area contributed by atoms with E-state index in [2.05, 4.69) is 16.4 Å². The number of nitrogens with zero attached hydrogens (tertiary/aromatic N) is 2. The third kappa shape index (κ3) is 3.25. The van der Waals surface area contributed by atoms with Gasteiger partial charge in [0.25, 0.3) is 5.91 Å². The first kappa shape index (κ1) is 17.9. The average molecular weight is 367 g/mol. The van der Waals surface area contributed by atoms with Crippen molar-refractivity contribution in [2.24, 2.45) is 0 Å². The molecule has 0 spiro atoms. The number of aromatic nitrogens is 1. The highest BCUT2D eigenvalue weighted by Crippen LogP contribution is 2.37. The first-order valence-electron chi connectivity index (χ1n) is 7.85. The molecule has 0 unspecified atom stereocenters. The highest BCUT2D eigenvalue weighted by molar-refractivity contribution is 7.19. The summed E-state index contributed by atoms with van der Waals surface area (Å²) in [5.41, 5.74) is 2.57. The van der Waals surface area contributed by atoms with Crippen molar-refractivity contribution in [2.75, 3.05) is 19.5 Å². The smallest absolute Gasteiger partial charge is 0.259 e. The van der Waals surface area contributed by atoms with Crippen LogP contribution in [-0.4, -0.2) is 25.1 Å². The number of pyridine rings is 1. The van der Waals surface area contributed by atoms with Gasteiger partial charge >= 0.3 is 0 Å². The van der Waals surface area contributed by atoms with E-state index in [-0.39, 0.29) is 5.91 Å². The molecule has 0 saturated carbocycles. The van der Waals surface area contributed by atoms with Crippen molar-refractivity contribution in [1.82, 2.24) is 4.98 Å². The molecule has 0 saturated heterocycles. The number of aryl methyl sites for hydroxylation is 1. The van der Waals surface area contributed by atoms with Gasteiger partial charge in [0, 0.05) is 18.2 Å². The zero-order chi connectivity index (χ0) is 18.7. The molecule has 0 fully saturated rings. The molecule has 132 valence electrons. The number of rotatable bonds is 5. The van der Waals surface area contributed by atoms with Crippen molar-refractivity contribution in [1.29, 1.82) is 5.26 Å². The molecule has 0 aliphatic heterocycles. The average Bonchev–Trinajstić information content (AvgIpc) is 2.99. The number of hydrogen-bond acceptors (Lipinski definition) is 6. The Morgan fingerprint density at radius 2 is 2.12 bits per heavy atom. The Morgan fingerprint density at radius 3 is 2.81 bits per heavy atom. The second-order valence-electron chi connectivity index (χ2n) is 5.61. The van der Waals surface area contributed by atoms with Crippen LogP contribution < -0.4 is 10.1 Å². The van der Waals surface area contributed by atoms with Gasteiger partial charge in [0.05, 0.1) is 25.0 Å². The summed E-state index contributed by atoms with van der Waals surface area (Å²) in [4.78, 5) is 18.4. The summed E-state index contributed by atoms with van der Waals surface area (Å²) in [6.45, 7) is 2.25. The highest BCUT2D eigenvalue weighted by Gasteiger charge is 2.21. The van der Waals surface area contributed by atoms with Gasteiger partial charge in [0.1, 0.15) is 21.5 Å². The normalized spacial score (nSPS) is 10.5. The Bertz CT molecular complexity index is 1020. The fourth-order valence-electron chi connectivity index (χ4n) is 2.79. The molecule has 0 atom stereocenters. The maximum Gasteiger partial charge on any atom is 0.259 e. The van der Waals surface area contributed by atoms with Crippen molar-refractivity contribution < 1.29 is 14.3 Å². The van der Waals surface area contributed by atoms with Crippen LogP contribution in [0.3, 0.4) is 0 Å². The molecule has 0 aliphatic rings. The quantitative estimate of drug-likeness (QED) is 0.740. The zero-order valence-corrected chi connectivity index (χ0v) is 15.4. The fourth-order valence-corrected chi connectivity index (χ4v) is 3.81. The summed E-state index contributed by atoms with van der Waals surface area (Å²) in [5.74, 6) is 0.122. The van der Waals surface area contributed by atoms with E-state index in [1.807, 2.05) is 13.0 Å². The maximum absolute atomic E-state index is 12.8. The standard InChI is InChI=1S/C19H17N3O3S/c1-11-8-12(10-24-2)16-17(15(9-20)26-19(16)21-11)22-18(23)13-6-4-5-7-14(13)25-3/h4-8H,10H2,1-3H3,(H,22,23). The van der Waals surface area contributed by atoms with Crippen LogP contribution in [0.1, 0.15) is 26.5 Å². The van der Waals surface area contributed by atoms with E-state index in [1.165, 1.54) is 18.4 Å². The molecule has 7 heteroatoms. The number of methoxy groups -OCH3 is 2. The number of thiophene rings is 1. The van der Waals surface area contributed by atoms with Crippen molar-refractivity contribution in [3.63, 3.8) is 0 Å². The molecule has 2 aromatic heterocycles. The van der Waals surface area contributed by atoms with E-state index >= 15 is 0 Å². The summed E-state index contributed by atoms with van der Waals surface area (Å²) in [6.07, 6.45) is 0. The van der Waals surface area contributed by atoms with Gasteiger partial charge in [0.2, 0.25) is 0 Å². The van der Waals surface area contributed by atoms with Crippen molar-refractivity contribution in [3.8, 4) is 11.8 Å². The number of amides is 1. The van der Waals surface area contributed by atoms with E-state index in [4.69, 9.17) is 9.47 Å². The van der Waals surface area contributed by atoms with E-state index in [0.717, 1.165) is 16.6 Å². The highest BCUT2D eigenvalue weighted by atomic mass is 32.1. The molecule has 0 radical (unpaired) electrons. The number of hydrogen-bond donors (Lipinski definition) is 1. The molecular weight excluding hydrogens is 350 g/mol. The molecule has 26 heavy (non-hydrogen) atoms. The number of fused-ring (bicyclic) bond motifs is 1. The van der Waals surface area contributed by atoms with Gasteiger partial charge in [-0.1, -0.05) is 12.1 Å². The Hall–Kier alpha value is -2.95. The predicted octanol–water partition coefficient (Wildman–Crippen LogP) is 3.88. The summed E-state index contributed by atoms with van der Waals surface area (Å²) in [6, 6.07) is 11.0. The van der Waals surface area contributed by atoms with E-state index in [0.29, 0.717) is 33.3 Å². The number of benzene rings is 1. The monoisotopic (exact) mass is 367 g/mol. The third-order valence-electron chi connectivity index (χ3n) is 3.86. The van der Waals surface area contributed by atoms with Crippen LogP contribution in [0.15, 0.2) is 30.3 Å². The minimum atomic E-state index is -0.345. The molecule has 1 N–H and O–H groups in total. The number of anilines is 1. The fraction of sp³-hybridized carbons (Fsp3) is 0.211. The van der Waals surface area contributed by atoms with Gasteiger partial charge in [-0.3, -0.25) is 4.79 Å². The summed E-state index contributed by atoms with van der Waals surface area (Å²) >= 11 is 1.25. The SMILES string of the molecule is COCc1cc(C)nc2sc(C#N)c(NC(=O)c3ccccc3OC)c12. The molecule has 1 aromatic carbocycles. The summed E-state index contributed by atoms with van der Waals surface area (Å²) in [5, 5.41) is 13.1. The topological polar surface area (TPSA) is 84.2 Å². The Labute approximate surface area is 155 Å². The van der Waals surface area contributed by atoms with Gasteiger partial charge in [0.15, 0.2) is 0 Å². The van der Waals surface area contributed by atoms with Crippen molar-refractivity contribution in [2.45, 2.75) is 13.5 Å². The number of carbonyl (C=O) groups excluding carboxylic acids is 1. The number of nitriles is 1. The first-order chi connectivity index (χ1) is 12.6. The second-order valence-corrected chi connectivity index (χ2v) is 6.61. The van der Waals surface area contributed by atoms with Crippen LogP contribution >= 0.6 is 11.3 Å². The Kier molecular flexibility index (Phi) is 5.16. The minimum Gasteiger partial charge on any atom is -0.496 e. The molecule has 3 rings (SSSR count). The van der Waals surface area contributed by atoms with Crippen molar-refractivity contribution >= 4 is 33.1 Å². The van der Waals surface area contributed by atoms with Gasteiger partial charge < -0.3 is 14.8 Å². The largest absolute Gasteiger partial charge is 0.496 e. The van der Waals surface area contributed by atoms with Crippen LogP contribution in [0, 0.1) is 18.3 Å². The van der Waals surface area contributed by atoms with Gasteiger partial charge in [-0.25, -0.2) is 4.98 Å². The van der Waals surface area contributed by atoms with Crippen molar-refractivity contribution in [3.05, 3.63) is 52.0 Å². The van der Waals surface area contributed by atoms with Crippen LogP contribution in [0.4, 0.5) is 5.69 Å². The maximum atomic E-state index is 12.8. The lowest BCUT2D eigenvalue weighted by molar-refractivity contribution is 0.102. The van der Waals surface area contributed by atoms with Crippen LogP contribution in [0.5, 0.6) is 5.75 Å². The molecule has 0 bridgehead atoms. The summed E-state index contributed by atoms with van der Waals surface area (Å²) in [7, 11) is 3.11. The number of nitrogens with one attached hydrogen (secondary N) is 1. The predicted molar refractivity (Wildman–Crippen MR) is 101 cm³/mol. The summed E-state index contributed by atoms with van der Waals surface area (Å²) < 4.78 is 10.5. The lowest BCUT2D eigenvalue weighted by Crippen LogP contribution is -2.14. The van der Waals surface area contributed by atoms with Gasteiger partial charge in [-0.15, -0.1) is 11.3 Å². The Balaban J connectivity index is 2.12.